The molecule has 110 valence electrons. The normalized spacial score (nSPS) is 17.4. The predicted molar refractivity (Wildman–Crippen MR) is 70.6 cm³/mol. The summed E-state index contributed by atoms with van der Waals surface area (Å²) in [7, 11) is 1.34. The summed E-state index contributed by atoms with van der Waals surface area (Å²) in [6.45, 7) is 8.59. The molecule has 1 aliphatic rings. The minimum absolute atomic E-state index is 0.0930. The van der Waals surface area contributed by atoms with Crippen LogP contribution in [0.15, 0.2) is 0 Å². The fraction of sp³-hybridized carbons (Fsp3) is 0.846. The maximum atomic E-state index is 12.4. The summed E-state index contributed by atoms with van der Waals surface area (Å²) in [5, 5.41) is 10.1. The van der Waals surface area contributed by atoms with E-state index in [1.807, 2.05) is 0 Å². The van der Waals surface area contributed by atoms with Gasteiger partial charge >= 0.3 is 6.09 Å². The van der Waals surface area contributed by atoms with Crippen LogP contribution >= 0.6 is 0 Å². The minimum atomic E-state index is -1.09. The second-order valence-electron chi connectivity index (χ2n) is 5.93. The SMILES string of the molecule is COC(=O)N1CCN(C(=O)C(C)(C)C(C)(C)O)CC1. The van der Waals surface area contributed by atoms with Crippen molar-refractivity contribution in [1.82, 2.24) is 9.80 Å². The van der Waals surface area contributed by atoms with Gasteiger partial charge in [-0.05, 0) is 27.7 Å². The Labute approximate surface area is 114 Å². The largest absolute Gasteiger partial charge is 0.453 e. The highest BCUT2D eigenvalue weighted by Gasteiger charge is 2.44. The molecule has 0 aliphatic carbocycles. The number of carbonyl (C=O) groups is 2. The fourth-order valence-corrected chi connectivity index (χ4v) is 1.88. The summed E-state index contributed by atoms with van der Waals surface area (Å²) in [5.74, 6) is -0.0930. The number of methoxy groups -OCH3 is 1. The number of rotatable bonds is 2. The molecule has 0 spiro atoms. The molecule has 1 heterocycles. The van der Waals surface area contributed by atoms with Gasteiger partial charge in [-0.2, -0.15) is 0 Å². The Morgan fingerprint density at radius 3 is 1.79 bits per heavy atom. The molecule has 19 heavy (non-hydrogen) atoms. The maximum absolute atomic E-state index is 12.4. The van der Waals surface area contributed by atoms with Gasteiger partial charge in [0.1, 0.15) is 0 Å². The van der Waals surface area contributed by atoms with Gasteiger partial charge in [0.25, 0.3) is 0 Å². The van der Waals surface area contributed by atoms with Gasteiger partial charge in [0.05, 0.1) is 18.1 Å². The van der Waals surface area contributed by atoms with Crippen molar-refractivity contribution in [3.8, 4) is 0 Å². The zero-order valence-corrected chi connectivity index (χ0v) is 12.4. The molecule has 1 saturated heterocycles. The molecule has 0 saturated carbocycles. The van der Waals surface area contributed by atoms with E-state index in [9.17, 15) is 14.7 Å². The van der Waals surface area contributed by atoms with E-state index < -0.39 is 11.0 Å². The standard InChI is InChI=1S/C13H24N2O4/c1-12(2,13(3,4)18)10(16)14-6-8-15(9-7-14)11(17)19-5/h18H,6-9H2,1-5H3. The first-order valence-electron chi connectivity index (χ1n) is 6.46. The molecule has 1 N–H and O–H groups in total. The Bertz CT molecular complexity index is 352. The highest BCUT2D eigenvalue weighted by molar-refractivity contribution is 5.83. The zero-order chi connectivity index (χ0) is 14.8. The average molecular weight is 272 g/mol. The maximum Gasteiger partial charge on any atom is 0.409 e. The summed E-state index contributed by atoms with van der Waals surface area (Å²) in [5.41, 5.74) is -1.95. The topological polar surface area (TPSA) is 70.1 Å². The number of nitrogens with zero attached hydrogens (tertiary/aromatic N) is 2. The van der Waals surface area contributed by atoms with Crippen molar-refractivity contribution in [3.63, 3.8) is 0 Å². The first-order chi connectivity index (χ1) is 8.61. The molecule has 0 atom stereocenters. The Morgan fingerprint density at radius 2 is 1.42 bits per heavy atom. The lowest BCUT2D eigenvalue weighted by Crippen LogP contribution is -2.57. The van der Waals surface area contributed by atoms with Gasteiger partial charge in [0, 0.05) is 26.2 Å². The van der Waals surface area contributed by atoms with Gasteiger partial charge < -0.3 is 19.6 Å². The van der Waals surface area contributed by atoms with E-state index in [-0.39, 0.29) is 12.0 Å². The predicted octanol–water partition coefficient (Wildman–Crippen LogP) is 0.694. The van der Waals surface area contributed by atoms with Crippen LogP contribution in [0.2, 0.25) is 0 Å². The van der Waals surface area contributed by atoms with Gasteiger partial charge in [0.15, 0.2) is 0 Å². The smallest absolute Gasteiger partial charge is 0.409 e. The Morgan fingerprint density at radius 1 is 1.00 bits per heavy atom. The Kier molecular flexibility index (Phi) is 4.45. The number of hydrogen-bond acceptors (Lipinski definition) is 4. The number of carbonyl (C=O) groups excluding carboxylic acids is 2. The second kappa shape index (κ2) is 5.36. The van der Waals surface area contributed by atoms with Crippen molar-refractivity contribution in [2.45, 2.75) is 33.3 Å². The van der Waals surface area contributed by atoms with Crippen LogP contribution in [-0.2, 0) is 9.53 Å². The first kappa shape index (κ1) is 15.8. The van der Waals surface area contributed by atoms with E-state index in [1.165, 1.54) is 7.11 Å². The van der Waals surface area contributed by atoms with Gasteiger partial charge in [0.2, 0.25) is 5.91 Å². The molecule has 0 aromatic rings. The van der Waals surface area contributed by atoms with Crippen molar-refractivity contribution in [2.75, 3.05) is 33.3 Å². The molecule has 0 bridgehead atoms. The molecular weight excluding hydrogens is 248 g/mol. The van der Waals surface area contributed by atoms with Crippen LogP contribution in [0.25, 0.3) is 0 Å². The molecule has 0 aromatic carbocycles. The number of piperazine rings is 1. The molecule has 1 fully saturated rings. The van der Waals surface area contributed by atoms with Crippen molar-refractivity contribution in [2.24, 2.45) is 5.41 Å². The molecular formula is C13H24N2O4. The highest BCUT2D eigenvalue weighted by atomic mass is 16.5. The molecule has 6 heteroatoms. The van der Waals surface area contributed by atoms with Crippen molar-refractivity contribution >= 4 is 12.0 Å². The summed E-state index contributed by atoms with van der Waals surface area (Å²) in [4.78, 5) is 27.1. The third-order valence-electron chi connectivity index (χ3n) is 4.06. The third-order valence-corrected chi connectivity index (χ3v) is 4.06. The highest BCUT2D eigenvalue weighted by Crippen LogP contribution is 2.32. The summed E-state index contributed by atoms with van der Waals surface area (Å²) >= 11 is 0. The molecule has 1 rings (SSSR count). The summed E-state index contributed by atoms with van der Waals surface area (Å²) in [6.07, 6.45) is -0.367. The molecule has 2 amide bonds. The molecule has 0 aromatic heterocycles. The van der Waals surface area contributed by atoms with Gasteiger partial charge in [-0.25, -0.2) is 4.79 Å². The quantitative estimate of drug-likeness (QED) is 0.803. The van der Waals surface area contributed by atoms with Crippen LogP contribution in [0.1, 0.15) is 27.7 Å². The zero-order valence-electron chi connectivity index (χ0n) is 12.4. The fourth-order valence-electron chi connectivity index (χ4n) is 1.88. The number of hydrogen-bond donors (Lipinski definition) is 1. The van der Waals surface area contributed by atoms with Crippen molar-refractivity contribution in [3.05, 3.63) is 0 Å². The van der Waals surface area contributed by atoms with Crippen LogP contribution in [0.4, 0.5) is 4.79 Å². The van der Waals surface area contributed by atoms with Gasteiger partial charge in [-0.15, -0.1) is 0 Å². The van der Waals surface area contributed by atoms with E-state index in [4.69, 9.17) is 0 Å². The summed E-state index contributed by atoms with van der Waals surface area (Å²) < 4.78 is 4.65. The lowest BCUT2D eigenvalue weighted by Gasteiger charge is -2.42. The summed E-state index contributed by atoms with van der Waals surface area (Å²) in [6, 6.07) is 0. The molecule has 1 aliphatic heterocycles. The van der Waals surface area contributed by atoms with Crippen LogP contribution in [0.5, 0.6) is 0 Å². The van der Waals surface area contributed by atoms with E-state index in [0.717, 1.165) is 0 Å². The number of ether oxygens (including phenoxy) is 1. The van der Waals surface area contributed by atoms with Gasteiger partial charge in [-0.3, -0.25) is 4.79 Å². The van der Waals surface area contributed by atoms with Crippen molar-refractivity contribution in [1.29, 1.82) is 0 Å². The van der Waals surface area contributed by atoms with Crippen LogP contribution in [-0.4, -0.2) is 65.8 Å². The van der Waals surface area contributed by atoms with Crippen molar-refractivity contribution < 1.29 is 19.4 Å². The molecule has 0 unspecified atom stereocenters. The Balaban J connectivity index is 2.66. The third kappa shape index (κ3) is 3.18. The van der Waals surface area contributed by atoms with Crippen LogP contribution in [0, 0.1) is 5.41 Å². The molecule has 6 nitrogen and oxygen atoms in total. The number of amides is 2. The van der Waals surface area contributed by atoms with E-state index in [1.54, 1.807) is 37.5 Å². The van der Waals surface area contributed by atoms with Crippen LogP contribution < -0.4 is 0 Å². The molecule has 0 radical (unpaired) electrons. The monoisotopic (exact) mass is 272 g/mol. The number of aliphatic hydroxyl groups is 1. The van der Waals surface area contributed by atoms with E-state index >= 15 is 0 Å². The minimum Gasteiger partial charge on any atom is -0.453 e. The van der Waals surface area contributed by atoms with Crippen LogP contribution in [0.3, 0.4) is 0 Å². The average Bonchev–Trinajstić information content (AvgIpc) is 2.35. The van der Waals surface area contributed by atoms with E-state index in [2.05, 4.69) is 4.74 Å². The van der Waals surface area contributed by atoms with E-state index in [0.29, 0.717) is 26.2 Å². The second-order valence-corrected chi connectivity index (χ2v) is 5.93. The lowest BCUT2D eigenvalue weighted by molar-refractivity contribution is -0.155. The first-order valence-corrected chi connectivity index (χ1v) is 6.46. The van der Waals surface area contributed by atoms with Gasteiger partial charge in [-0.1, -0.05) is 0 Å². The Hall–Kier alpha value is -1.30. The lowest BCUT2D eigenvalue weighted by atomic mass is 9.76.